The second kappa shape index (κ2) is 8.27. The lowest BCUT2D eigenvalue weighted by Crippen LogP contribution is -2.25. The highest BCUT2D eigenvalue weighted by molar-refractivity contribution is 5.69. The van der Waals surface area contributed by atoms with Crippen LogP contribution in [0, 0.1) is 0 Å². The number of esters is 1. The number of aliphatic hydroxyl groups excluding tert-OH is 2. The van der Waals surface area contributed by atoms with Gasteiger partial charge in [-0.3, -0.25) is 4.79 Å². The van der Waals surface area contributed by atoms with Crippen LogP contribution in [-0.4, -0.2) is 28.8 Å². The molecule has 1 atom stereocenters. The van der Waals surface area contributed by atoms with Crippen LogP contribution in [0.2, 0.25) is 0 Å². The zero-order chi connectivity index (χ0) is 16.8. The van der Waals surface area contributed by atoms with Crippen LogP contribution in [0.15, 0.2) is 18.2 Å². The van der Waals surface area contributed by atoms with E-state index >= 15 is 0 Å². The lowest BCUT2D eigenvalue weighted by molar-refractivity contribution is -0.155. The van der Waals surface area contributed by atoms with E-state index in [1.807, 2.05) is 40.0 Å². The van der Waals surface area contributed by atoms with Crippen LogP contribution in [0.5, 0.6) is 0 Å². The van der Waals surface area contributed by atoms with E-state index in [9.17, 15) is 15.0 Å². The third-order valence-corrected chi connectivity index (χ3v) is 3.25. The first-order valence-electron chi connectivity index (χ1n) is 7.52. The first-order chi connectivity index (χ1) is 10.3. The minimum absolute atomic E-state index is 0.0377. The molecule has 1 aromatic carbocycles. The molecule has 1 aromatic rings. The van der Waals surface area contributed by atoms with E-state index in [0.717, 1.165) is 16.7 Å². The maximum atomic E-state index is 11.8. The molecule has 0 fully saturated rings. The van der Waals surface area contributed by atoms with Crippen molar-refractivity contribution in [2.45, 2.75) is 58.5 Å². The fourth-order valence-corrected chi connectivity index (χ4v) is 2.31. The van der Waals surface area contributed by atoms with Gasteiger partial charge in [-0.05, 0) is 50.9 Å². The summed E-state index contributed by atoms with van der Waals surface area (Å²) in [5, 5.41) is 21.8. The van der Waals surface area contributed by atoms with E-state index in [-0.39, 0.29) is 25.2 Å². The fraction of sp³-hybridized carbons (Fsp3) is 0.588. The molecular weight excluding hydrogens is 282 g/mol. The first kappa shape index (κ1) is 18.6. The highest BCUT2D eigenvalue weighted by Gasteiger charge is 2.18. The number of benzene rings is 1. The Bertz CT molecular complexity index is 472. The number of ether oxygens (including phenoxy) is 1. The van der Waals surface area contributed by atoms with Crippen molar-refractivity contribution in [1.29, 1.82) is 0 Å². The van der Waals surface area contributed by atoms with E-state index in [1.54, 1.807) is 6.07 Å². The molecule has 0 spiro atoms. The summed E-state index contributed by atoms with van der Waals surface area (Å²) in [6.45, 7) is 5.38. The molecule has 0 radical (unpaired) electrons. The third-order valence-electron chi connectivity index (χ3n) is 3.25. The smallest absolute Gasteiger partial charge is 0.306 e. The fourth-order valence-electron chi connectivity index (χ4n) is 2.31. The zero-order valence-corrected chi connectivity index (χ0v) is 13.8. The van der Waals surface area contributed by atoms with E-state index in [0.29, 0.717) is 12.8 Å². The van der Waals surface area contributed by atoms with Gasteiger partial charge in [0, 0.05) is 12.5 Å². The summed E-state index contributed by atoms with van der Waals surface area (Å²) < 4.78 is 5.31. The van der Waals surface area contributed by atoms with Gasteiger partial charge in [0.05, 0.1) is 13.2 Å². The van der Waals surface area contributed by atoms with Crippen molar-refractivity contribution in [3.8, 4) is 0 Å². The van der Waals surface area contributed by atoms with Gasteiger partial charge in [-0.15, -0.1) is 0 Å². The topological polar surface area (TPSA) is 78.8 Å². The highest BCUT2D eigenvalue weighted by atomic mass is 16.6. The quantitative estimate of drug-likeness (QED) is 0.672. The summed E-state index contributed by atoms with van der Waals surface area (Å²) in [6.07, 6.45) is 0.895. The van der Waals surface area contributed by atoms with Gasteiger partial charge in [0.25, 0.3) is 0 Å². The SMILES string of the molecule is CNC(CCC(=O)OC(C)(C)C)c1cc(CO)cc(CO)c1. The Morgan fingerprint density at radius 3 is 2.14 bits per heavy atom. The molecule has 22 heavy (non-hydrogen) atoms. The van der Waals surface area contributed by atoms with Crippen LogP contribution in [-0.2, 0) is 22.7 Å². The van der Waals surface area contributed by atoms with Gasteiger partial charge in [-0.2, -0.15) is 0 Å². The summed E-state index contributed by atoms with van der Waals surface area (Å²) in [4.78, 5) is 11.8. The molecule has 0 saturated carbocycles. The van der Waals surface area contributed by atoms with Crippen molar-refractivity contribution >= 4 is 5.97 Å². The molecule has 1 unspecified atom stereocenters. The Morgan fingerprint density at radius 2 is 1.73 bits per heavy atom. The number of carbonyl (C=O) groups excluding carboxylic acids is 1. The van der Waals surface area contributed by atoms with Crippen LogP contribution in [0.3, 0.4) is 0 Å². The number of hydrogen-bond donors (Lipinski definition) is 3. The summed E-state index contributed by atoms with van der Waals surface area (Å²) in [7, 11) is 1.82. The molecule has 0 saturated heterocycles. The Hall–Kier alpha value is -1.43. The van der Waals surface area contributed by atoms with Crippen LogP contribution in [0.4, 0.5) is 0 Å². The minimum atomic E-state index is -0.479. The van der Waals surface area contributed by atoms with E-state index in [1.165, 1.54) is 0 Å². The first-order valence-corrected chi connectivity index (χ1v) is 7.52. The molecule has 124 valence electrons. The lowest BCUT2D eigenvalue weighted by atomic mass is 9.97. The molecule has 0 amide bonds. The van der Waals surface area contributed by atoms with E-state index in [4.69, 9.17) is 4.74 Å². The Labute approximate surface area is 132 Å². The molecule has 1 rings (SSSR count). The average molecular weight is 309 g/mol. The molecule has 0 aliphatic heterocycles. The average Bonchev–Trinajstić information content (AvgIpc) is 2.45. The Balaban J connectivity index is 2.77. The van der Waals surface area contributed by atoms with Crippen molar-refractivity contribution in [3.05, 3.63) is 34.9 Å². The number of nitrogens with one attached hydrogen (secondary N) is 1. The molecule has 0 aromatic heterocycles. The zero-order valence-electron chi connectivity index (χ0n) is 13.8. The Kier molecular flexibility index (Phi) is 7.00. The Morgan fingerprint density at radius 1 is 1.18 bits per heavy atom. The molecule has 0 bridgehead atoms. The highest BCUT2D eigenvalue weighted by Crippen LogP contribution is 2.22. The molecule has 5 nitrogen and oxygen atoms in total. The predicted molar refractivity (Wildman–Crippen MR) is 85.2 cm³/mol. The normalized spacial score (nSPS) is 13.0. The van der Waals surface area contributed by atoms with Crippen LogP contribution < -0.4 is 5.32 Å². The number of carbonyl (C=O) groups is 1. The number of aliphatic hydroxyl groups is 2. The lowest BCUT2D eigenvalue weighted by Gasteiger charge is -2.21. The summed E-state index contributed by atoms with van der Waals surface area (Å²) in [6, 6.07) is 5.50. The van der Waals surface area contributed by atoms with Gasteiger partial charge < -0.3 is 20.3 Å². The van der Waals surface area contributed by atoms with Crippen LogP contribution in [0.25, 0.3) is 0 Å². The van der Waals surface area contributed by atoms with E-state index < -0.39 is 5.60 Å². The molecule has 3 N–H and O–H groups in total. The second-order valence-corrected chi connectivity index (χ2v) is 6.37. The summed E-state index contributed by atoms with van der Waals surface area (Å²) >= 11 is 0. The van der Waals surface area contributed by atoms with Crippen molar-refractivity contribution in [1.82, 2.24) is 5.32 Å². The second-order valence-electron chi connectivity index (χ2n) is 6.37. The van der Waals surface area contributed by atoms with Crippen LogP contribution in [0.1, 0.15) is 56.3 Å². The largest absolute Gasteiger partial charge is 0.460 e. The molecule has 0 aliphatic carbocycles. The molecule has 0 heterocycles. The predicted octanol–water partition coefficient (Wildman–Crippen LogP) is 2.05. The van der Waals surface area contributed by atoms with Crippen molar-refractivity contribution in [3.63, 3.8) is 0 Å². The van der Waals surface area contributed by atoms with Crippen molar-refractivity contribution in [2.24, 2.45) is 0 Å². The van der Waals surface area contributed by atoms with Gasteiger partial charge in [-0.25, -0.2) is 0 Å². The summed E-state index contributed by atoms with van der Waals surface area (Å²) in [5.74, 6) is -0.228. The van der Waals surface area contributed by atoms with Gasteiger partial charge in [-0.1, -0.05) is 18.2 Å². The van der Waals surface area contributed by atoms with Gasteiger partial charge >= 0.3 is 5.97 Å². The number of rotatable bonds is 7. The minimum Gasteiger partial charge on any atom is -0.460 e. The maximum Gasteiger partial charge on any atom is 0.306 e. The summed E-state index contributed by atoms with van der Waals surface area (Å²) in [5.41, 5.74) is 1.97. The molecular formula is C17H27NO4. The standard InChI is InChI=1S/C17H27NO4/c1-17(2,3)22-16(21)6-5-15(18-4)14-8-12(10-19)7-13(9-14)11-20/h7-9,15,18-20H,5-6,10-11H2,1-4H3. The maximum absolute atomic E-state index is 11.8. The van der Waals surface area contributed by atoms with Gasteiger partial charge in [0.1, 0.15) is 5.60 Å². The van der Waals surface area contributed by atoms with E-state index in [2.05, 4.69) is 5.32 Å². The molecule has 0 aliphatic rings. The van der Waals surface area contributed by atoms with Crippen LogP contribution >= 0.6 is 0 Å². The van der Waals surface area contributed by atoms with Crippen molar-refractivity contribution < 1.29 is 19.7 Å². The van der Waals surface area contributed by atoms with Crippen molar-refractivity contribution in [2.75, 3.05) is 7.05 Å². The van der Waals surface area contributed by atoms with Gasteiger partial charge in [0.2, 0.25) is 0 Å². The number of hydrogen-bond acceptors (Lipinski definition) is 5. The van der Waals surface area contributed by atoms with Gasteiger partial charge in [0.15, 0.2) is 0 Å². The molecule has 5 heteroatoms. The third kappa shape index (κ3) is 6.13. The monoisotopic (exact) mass is 309 g/mol.